The highest BCUT2D eigenvalue weighted by Crippen LogP contribution is 2.24. The zero-order valence-electron chi connectivity index (χ0n) is 17.2. The predicted octanol–water partition coefficient (Wildman–Crippen LogP) is 4.51. The number of carbonyl (C=O) groups is 3. The van der Waals surface area contributed by atoms with Gasteiger partial charge in [0, 0.05) is 17.7 Å². The molecule has 0 bridgehead atoms. The molecule has 2 rings (SSSR count). The number of nitrogens with zero attached hydrogens (tertiary/aromatic N) is 1. The van der Waals surface area contributed by atoms with Crippen molar-refractivity contribution in [3.8, 4) is 0 Å². The number of anilines is 1. The Morgan fingerprint density at radius 2 is 1.90 bits per heavy atom. The molecule has 6 heteroatoms. The molecular formula is C23H28N2O4. The van der Waals surface area contributed by atoms with Gasteiger partial charge in [-0.2, -0.15) is 0 Å². The average molecular weight is 396 g/mol. The number of benzene rings is 1. The number of allylic oxidation sites excluding steroid dienone is 4. The van der Waals surface area contributed by atoms with Crippen LogP contribution >= 0.6 is 0 Å². The highest BCUT2D eigenvalue weighted by molar-refractivity contribution is 6.15. The van der Waals surface area contributed by atoms with Crippen LogP contribution in [0.25, 0.3) is 0 Å². The van der Waals surface area contributed by atoms with Gasteiger partial charge in [-0.25, -0.2) is 4.79 Å². The van der Waals surface area contributed by atoms with Crippen LogP contribution in [0.4, 0.5) is 10.5 Å². The van der Waals surface area contributed by atoms with Gasteiger partial charge in [0.25, 0.3) is 0 Å². The van der Waals surface area contributed by atoms with E-state index in [-0.39, 0.29) is 11.7 Å². The molecule has 1 aromatic carbocycles. The monoisotopic (exact) mass is 396 g/mol. The van der Waals surface area contributed by atoms with Crippen LogP contribution in [-0.4, -0.2) is 40.9 Å². The zero-order valence-corrected chi connectivity index (χ0v) is 17.2. The SMILES string of the molecule is C=C/C=C(\C=C)C(=O)c1ccccc1NC(=O)[C@@H]1CCCN1C(=O)OC(C)(C)C. The number of Topliss-reactive ketones (excluding diaryl/α,β-unsaturated/α-hetero) is 1. The number of ketones is 1. The second-order valence-electron chi connectivity index (χ2n) is 7.76. The van der Waals surface area contributed by atoms with E-state index in [0.717, 1.165) is 0 Å². The lowest BCUT2D eigenvalue weighted by Gasteiger charge is -2.28. The molecule has 1 aliphatic heterocycles. The summed E-state index contributed by atoms with van der Waals surface area (Å²) in [5, 5.41) is 2.81. The molecule has 1 atom stereocenters. The standard InChI is InChI=1S/C23H28N2O4/c1-6-11-16(7-2)20(26)17-12-8-9-13-18(17)24-21(27)19-14-10-15-25(19)22(28)29-23(3,4)5/h6-9,11-13,19H,1-2,10,14-15H2,3-5H3,(H,24,27)/b16-11+/t19-/m0/s1. The van der Waals surface area contributed by atoms with Crippen molar-refractivity contribution in [2.75, 3.05) is 11.9 Å². The summed E-state index contributed by atoms with van der Waals surface area (Å²) in [6.45, 7) is 13.1. The Morgan fingerprint density at radius 1 is 1.21 bits per heavy atom. The topological polar surface area (TPSA) is 75.7 Å². The van der Waals surface area contributed by atoms with Crippen molar-refractivity contribution in [2.45, 2.75) is 45.3 Å². The molecule has 1 aliphatic rings. The molecule has 1 fully saturated rings. The van der Waals surface area contributed by atoms with E-state index in [1.54, 1.807) is 51.1 Å². The summed E-state index contributed by atoms with van der Waals surface area (Å²) in [6.07, 6.45) is 5.25. The number of rotatable bonds is 6. The van der Waals surface area contributed by atoms with Crippen molar-refractivity contribution in [3.05, 3.63) is 66.8 Å². The number of amides is 2. The fourth-order valence-electron chi connectivity index (χ4n) is 3.10. The number of hydrogen-bond acceptors (Lipinski definition) is 4. The summed E-state index contributed by atoms with van der Waals surface area (Å²) in [5.41, 5.74) is 0.460. The first-order valence-corrected chi connectivity index (χ1v) is 9.57. The van der Waals surface area contributed by atoms with E-state index in [2.05, 4.69) is 18.5 Å². The smallest absolute Gasteiger partial charge is 0.410 e. The van der Waals surface area contributed by atoms with Gasteiger partial charge < -0.3 is 10.1 Å². The van der Waals surface area contributed by atoms with Gasteiger partial charge in [0.15, 0.2) is 5.78 Å². The van der Waals surface area contributed by atoms with Crippen LogP contribution in [0.5, 0.6) is 0 Å². The molecule has 1 heterocycles. The molecule has 0 aromatic heterocycles. The van der Waals surface area contributed by atoms with Crippen molar-refractivity contribution >= 4 is 23.5 Å². The molecular weight excluding hydrogens is 368 g/mol. The second-order valence-corrected chi connectivity index (χ2v) is 7.76. The molecule has 1 aromatic rings. The van der Waals surface area contributed by atoms with Crippen LogP contribution < -0.4 is 5.32 Å². The minimum atomic E-state index is -0.643. The summed E-state index contributed by atoms with van der Waals surface area (Å²) in [5.74, 6) is -0.618. The second kappa shape index (κ2) is 9.37. The van der Waals surface area contributed by atoms with E-state index < -0.39 is 17.7 Å². The van der Waals surface area contributed by atoms with Crippen LogP contribution in [0, 0.1) is 0 Å². The van der Waals surface area contributed by atoms with Crippen LogP contribution in [0.3, 0.4) is 0 Å². The number of ether oxygens (including phenoxy) is 1. The Balaban J connectivity index is 2.22. The highest BCUT2D eigenvalue weighted by atomic mass is 16.6. The van der Waals surface area contributed by atoms with Gasteiger partial charge in [-0.3, -0.25) is 14.5 Å². The van der Waals surface area contributed by atoms with Crippen molar-refractivity contribution in [3.63, 3.8) is 0 Å². The zero-order chi connectivity index (χ0) is 21.6. The quantitative estimate of drug-likeness (QED) is 0.436. The third-order valence-electron chi connectivity index (χ3n) is 4.39. The van der Waals surface area contributed by atoms with Gasteiger partial charge >= 0.3 is 6.09 Å². The van der Waals surface area contributed by atoms with Crippen LogP contribution in [0.15, 0.2) is 61.2 Å². The first-order chi connectivity index (χ1) is 13.7. The average Bonchev–Trinajstić information content (AvgIpc) is 3.15. The summed E-state index contributed by atoms with van der Waals surface area (Å²) >= 11 is 0. The van der Waals surface area contributed by atoms with Crippen molar-refractivity contribution in [1.29, 1.82) is 0 Å². The van der Waals surface area contributed by atoms with E-state index in [4.69, 9.17) is 4.74 Å². The molecule has 2 amide bonds. The summed E-state index contributed by atoms with van der Waals surface area (Å²) in [6, 6.07) is 6.11. The van der Waals surface area contributed by atoms with Gasteiger partial charge in [-0.1, -0.05) is 43.5 Å². The highest BCUT2D eigenvalue weighted by Gasteiger charge is 2.36. The number of hydrogen-bond donors (Lipinski definition) is 1. The molecule has 154 valence electrons. The molecule has 0 saturated carbocycles. The molecule has 1 N–H and O–H groups in total. The van der Waals surface area contributed by atoms with Crippen molar-refractivity contribution in [1.82, 2.24) is 4.90 Å². The van der Waals surface area contributed by atoms with Crippen LogP contribution in [0.2, 0.25) is 0 Å². The maximum Gasteiger partial charge on any atom is 0.410 e. The maximum atomic E-state index is 12.9. The van der Waals surface area contributed by atoms with E-state index in [0.29, 0.717) is 36.2 Å². The Bertz CT molecular complexity index is 849. The Kier molecular flexibility index (Phi) is 7.15. The number of nitrogens with one attached hydrogen (secondary N) is 1. The largest absolute Gasteiger partial charge is 0.444 e. The Hall–Kier alpha value is -3.15. The minimum Gasteiger partial charge on any atom is -0.444 e. The van der Waals surface area contributed by atoms with Crippen molar-refractivity contribution < 1.29 is 19.1 Å². The van der Waals surface area contributed by atoms with Gasteiger partial charge in [0.05, 0.1) is 5.69 Å². The molecule has 0 spiro atoms. The lowest BCUT2D eigenvalue weighted by molar-refractivity contribution is -0.120. The molecule has 29 heavy (non-hydrogen) atoms. The van der Waals surface area contributed by atoms with Crippen molar-refractivity contribution in [2.24, 2.45) is 0 Å². The normalized spacial score (nSPS) is 16.9. The Labute approximate surface area is 171 Å². The molecule has 0 unspecified atom stereocenters. The van der Waals surface area contributed by atoms with Gasteiger partial charge in [-0.05, 0) is 45.7 Å². The Morgan fingerprint density at radius 3 is 2.52 bits per heavy atom. The first-order valence-electron chi connectivity index (χ1n) is 9.57. The summed E-state index contributed by atoms with van der Waals surface area (Å²) in [7, 11) is 0. The summed E-state index contributed by atoms with van der Waals surface area (Å²) in [4.78, 5) is 39.6. The van der Waals surface area contributed by atoms with E-state index in [1.807, 2.05) is 0 Å². The van der Waals surface area contributed by atoms with E-state index in [1.165, 1.54) is 17.1 Å². The molecule has 0 radical (unpaired) electrons. The fourth-order valence-corrected chi connectivity index (χ4v) is 3.10. The van der Waals surface area contributed by atoms with Gasteiger partial charge in [0.1, 0.15) is 11.6 Å². The molecule has 1 saturated heterocycles. The lowest BCUT2D eigenvalue weighted by atomic mass is 10.0. The first kappa shape index (κ1) is 22.1. The maximum absolute atomic E-state index is 12.9. The summed E-state index contributed by atoms with van der Waals surface area (Å²) < 4.78 is 5.41. The van der Waals surface area contributed by atoms with Gasteiger partial charge in [0.2, 0.25) is 5.91 Å². The fraction of sp³-hybridized carbons (Fsp3) is 0.348. The number of likely N-dealkylation sites (tertiary alicyclic amines) is 1. The third kappa shape index (κ3) is 5.67. The van der Waals surface area contributed by atoms with E-state index in [9.17, 15) is 14.4 Å². The minimum absolute atomic E-state index is 0.272. The third-order valence-corrected chi connectivity index (χ3v) is 4.39. The molecule has 0 aliphatic carbocycles. The van der Waals surface area contributed by atoms with E-state index >= 15 is 0 Å². The van der Waals surface area contributed by atoms with Crippen LogP contribution in [-0.2, 0) is 9.53 Å². The van der Waals surface area contributed by atoms with Gasteiger partial charge in [-0.15, -0.1) is 0 Å². The predicted molar refractivity (Wildman–Crippen MR) is 114 cm³/mol. The lowest BCUT2D eigenvalue weighted by Crippen LogP contribution is -2.45. The molecule has 6 nitrogen and oxygen atoms in total. The number of carbonyl (C=O) groups excluding carboxylic acids is 3. The van der Waals surface area contributed by atoms with Crippen LogP contribution in [0.1, 0.15) is 44.0 Å². The number of para-hydroxylation sites is 1.